The number of hydrogen-bond acceptors (Lipinski definition) is 3. The van der Waals surface area contributed by atoms with Crippen molar-refractivity contribution < 1.29 is 9.59 Å². The Balaban J connectivity index is 1.79. The van der Waals surface area contributed by atoms with Gasteiger partial charge in [0, 0.05) is 17.1 Å². The van der Waals surface area contributed by atoms with Crippen LogP contribution < -0.4 is 10.2 Å². The molecule has 0 atom stereocenters. The van der Waals surface area contributed by atoms with E-state index in [1.807, 2.05) is 62.6 Å². The number of amides is 2. The van der Waals surface area contributed by atoms with Crippen molar-refractivity contribution in [2.75, 3.05) is 4.90 Å². The van der Waals surface area contributed by atoms with Crippen LogP contribution in [0.25, 0.3) is 11.8 Å². The Morgan fingerprint density at radius 3 is 2.36 bits per heavy atom. The van der Waals surface area contributed by atoms with Gasteiger partial charge in [-0.2, -0.15) is 0 Å². The van der Waals surface area contributed by atoms with E-state index >= 15 is 0 Å². The van der Waals surface area contributed by atoms with Crippen molar-refractivity contribution in [2.45, 2.75) is 27.7 Å². The maximum Gasteiger partial charge on any atom is 0.270 e. The van der Waals surface area contributed by atoms with Gasteiger partial charge in [0.15, 0.2) is 5.11 Å². The molecule has 1 aliphatic heterocycles. The SMILES string of the molecule is Cc1ccc(C)c(N2C(=O)/C(=C\c3cc(C)n(-c4ccc(Cl)c(Cl)c4)c3C)C(=O)NC2=S)c1. The molecule has 168 valence electrons. The first-order chi connectivity index (χ1) is 15.6. The quantitative estimate of drug-likeness (QED) is 0.280. The molecule has 3 aromatic rings. The highest BCUT2D eigenvalue weighted by atomic mass is 35.5. The molecule has 2 heterocycles. The second-order valence-electron chi connectivity index (χ2n) is 8.01. The van der Waals surface area contributed by atoms with Crippen LogP contribution >= 0.6 is 35.4 Å². The van der Waals surface area contributed by atoms with E-state index in [0.717, 1.165) is 33.8 Å². The third kappa shape index (κ3) is 4.22. The summed E-state index contributed by atoms with van der Waals surface area (Å²) in [6.07, 6.45) is 1.61. The fraction of sp³-hybridized carbons (Fsp3) is 0.160. The molecule has 0 radical (unpaired) electrons. The van der Waals surface area contributed by atoms with E-state index in [2.05, 4.69) is 5.32 Å². The highest BCUT2D eigenvalue weighted by molar-refractivity contribution is 7.80. The predicted octanol–water partition coefficient (Wildman–Crippen LogP) is 5.85. The van der Waals surface area contributed by atoms with E-state index in [4.69, 9.17) is 35.4 Å². The number of hydrogen-bond donors (Lipinski definition) is 1. The van der Waals surface area contributed by atoms with E-state index in [1.54, 1.807) is 18.2 Å². The van der Waals surface area contributed by atoms with Crippen molar-refractivity contribution in [3.8, 4) is 5.69 Å². The van der Waals surface area contributed by atoms with Gasteiger partial charge in [-0.1, -0.05) is 35.3 Å². The second kappa shape index (κ2) is 8.78. The number of aromatic nitrogens is 1. The molecule has 1 N–H and O–H groups in total. The third-order valence-corrected chi connectivity index (χ3v) is 6.66. The van der Waals surface area contributed by atoms with Gasteiger partial charge in [-0.25, -0.2) is 0 Å². The van der Waals surface area contributed by atoms with Crippen molar-refractivity contribution in [3.63, 3.8) is 0 Å². The Labute approximate surface area is 207 Å². The first-order valence-corrected chi connectivity index (χ1v) is 11.4. The van der Waals surface area contributed by atoms with E-state index in [-0.39, 0.29) is 10.7 Å². The molecular weight excluding hydrogens is 477 g/mol. The lowest BCUT2D eigenvalue weighted by Crippen LogP contribution is -2.54. The molecule has 1 aromatic heterocycles. The first kappa shape index (κ1) is 23.2. The number of rotatable bonds is 3. The van der Waals surface area contributed by atoms with Crippen molar-refractivity contribution in [3.05, 3.63) is 86.2 Å². The number of thiocarbonyl (C=S) groups is 1. The Morgan fingerprint density at radius 1 is 0.939 bits per heavy atom. The minimum Gasteiger partial charge on any atom is -0.318 e. The minimum absolute atomic E-state index is 0.0129. The number of halogens is 2. The molecule has 2 amide bonds. The van der Waals surface area contributed by atoms with Crippen molar-refractivity contribution >= 4 is 64.1 Å². The lowest BCUT2D eigenvalue weighted by molar-refractivity contribution is -0.122. The summed E-state index contributed by atoms with van der Waals surface area (Å²) in [6, 6.07) is 13.1. The highest BCUT2D eigenvalue weighted by Crippen LogP contribution is 2.30. The molecule has 0 unspecified atom stereocenters. The topological polar surface area (TPSA) is 54.3 Å². The van der Waals surface area contributed by atoms with Crippen LogP contribution in [0.1, 0.15) is 28.1 Å². The summed E-state index contributed by atoms with van der Waals surface area (Å²) in [5.41, 5.74) is 5.88. The molecule has 4 rings (SSSR count). The van der Waals surface area contributed by atoms with Gasteiger partial charge in [0.05, 0.1) is 15.7 Å². The normalized spacial score (nSPS) is 15.4. The zero-order valence-corrected chi connectivity index (χ0v) is 20.8. The number of benzene rings is 2. The fourth-order valence-corrected chi connectivity index (χ4v) is 4.51. The highest BCUT2D eigenvalue weighted by Gasteiger charge is 2.35. The monoisotopic (exact) mass is 497 g/mol. The lowest BCUT2D eigenvalue weighted by Gasteiger charge is -2.30. The van der Waals surface area contributed by atoms with Crippen LogP contribution in [0.3, 0.4) is 0 Å². The smallest absolute Gasteiger partial charge is 0.270 e. The minimum atomic E-state index is -0.522. The van der Waals surface area contributed by atoms with Crippen LogP contribution in [-0.2, 0) is 9.59 Å². The molecule has 0 spiro atoms. The molecule has 0 aliphatic carbocycles. The van der Waals surface area contributed by atoms with Gasteiger partial charge in [-0.05, 0) is 93.0 Å². The van der Waals surface area contributed by atoms with Crippen molar-refractivity contribution in [2.24, 2.45) is 0 Å². The van der Waals surface area contributed by atoms with Gasteiger partial charge in [0.2, 0.25) is 0 Å². The van der Waals surface area contributed by atoms with E-state index in [9.17, 15) is 9.59 Å². The van der Waals surface area contributed by atoms with Gasteiger partial charge in [0.25, 0.3) is 11.8 Å². The van der Waals surface area contributed by atoms with Gasteiger partial charge in [-0.3, -0.25) is 19.8 Å². The number of anilines is 1. The molecule has 8 heteroatoms. The van der Waals surface area contributed by atoms with E-state index in [0.29, 0.717) is 15.7 Å². The van der Waals surface area contributed by atoms with Gasteiger partial charge < -0.3 is 4.57 Å². The summed E-state index contributed by atoms with van der Waals surface area (Å²) in [6.45, 7) is 7.70. The van der Waals surface area contributed by atoms with E-state index < -0.39 is 11.8 Å². The van der Waals surface area contributed by atoms with Crippen molar-refractivity contribution in [1.29, 1.82) is 0 Å². The van der Waals surface area contributed by atoms with Gasteiger partial charge in [-0.15, -0.1) is 0 Å². The molecule has 2 aromatic carbocycles. The molecule has 1 saturated heterocycles. The summed E-state index contributed by atoms with van der Waals surface area (Å²) in [5.74, 6) is -0.984. The summed E-state index contributed by atoms with van der Waals surface area (Å²) in [7, 11) is 0. The Morgan fingerprint density at radius 2 is 1.67 bits per heavy atom. The van der Waals surface area contributed by atoms with Crippen molar-refractivity contribution in [1.82, 2.24) is 9.88 Å². The largest absolute Gasteiger partial charge is 0.318 e. The zero-order chi connectivity index (χ0) is 24.0. The maximum atomic E-state index is 13.4. The average molecular weight is 498 g/mol. The average Bonchev–Trinajstić information content (AvgIpc) is 3.02. The van der Waals surface area contributed by atoms with Gasteiger partial charge >= 0.3 is 0 Å². The Hall–Kier alpha value is -2.93. The standard InChI is InChI=1S/C25H21Cl2N3O2S/c1-13-5-6-14(2)22(9-13)30-24(32)19(23(31)28-25(30)33)11-17-10-15(3)29(16(17)4)18-7-8-20(26)21(27)12-18/h5-12H,1-4H3,(H,28,31,33)/b19-11-. The number of carbonyl (C=O) groups is 2. The Bertz CT molecular complexity index is 1370. The summed E-state index contributed by atoms with van der Waals surface area (Å²) >= 11 is 17.6. The number of aryl methyl sites for hydroxylation is 3. The zero-order valence-electron chi connectivity index (χ0n) is 18.5. The van der Waals surface area contributed by atoms with Crippen LogP contribution in [0.15, 0.2) is 48.0 Å². The molecule has 1 fully saturated rings. The summed E-state index contributed by atoms with van der Waals surface area (Å²) in [4.78, 5) is 27.6. The predicted molar refractivity (Wildman–Crippen MR) is 137 cm³/mol. The third-order valence-electron chi connectivity index (χ3n) is 5.64. The molecule has 0 bridgehead atoms. The Kier molecular flexibility index (Phi) is 6.18. The maximum absolute atomic E-state index is 13.4. The van der Waals surface area contributed by atoms with Crippen LogP contribution in [0.4, 0.5) is 5.69 Å². The number of carbonyl (C=O) groups excluding carboxylic acids is 2. The lowest BCUT2D eigenvalue weighted by atomic mass is 10.0. The number of nitrogens with one attached hydrogen (secondary N) is 1. The second-order valence-corrected chi connectivity index (χ2v) is 9.21. The molecule has 5 nitrogen and oxygen atoms in total. The molecule has 1 aliphatic rings. The van der Waals surface area contributed by atoms with Gasteiger partial charge in [0.1, 0.15) is 5.57 Å². The summed E-state index contributed by atoms with van der Waals surface area (Å²) < 4.78 is 1.99. The fourth-order valence-electron chi connectivity index (χ4n) is 3.95. The van der Waals surface area contributed by atoms with Crippen LogP contribution in [-0.4, -0.2) is 21.5 Å². The number of nitrogens with zero attached hydrogens (tertiary/aromatic N) is 2. The summed E-state index contributed by atoms with van der Waals surface area (Å²) in [5, 5.41) is 3.63. The first-order valence-electron chi connectivity index (χ1n) is 10.2. The van der Waals surface area contributed by atoms with Crippen LogP contribution in [0.5, 0.6) is 0 Å². The molecule has 33 heavy (non-hydrogen) atoms. The molecular formula is C25H21Cl2N3O2S. The van der Waals surface area contributed by atoms with Crippen LogP contribution in [0.2, 0.25) is 10.0 Å². The molecule has 0 saturated carbocycles. The van der Waals surface area contributed by atoms with E-state index in [1.165, 1.54) is 4.90 Å². The van der Waals surface area contributed by atoms with Crippen LogP contribution in [0, 0.1) is 27.7 Å².